The molecule has 1 aromatic heterocycles. The Kier molecular flexibility index (Phi) is 6.00. The van der Waals surface area contributed by atoms with Gasteiger partial charge in [0.2, 0.25) is 5.91 Å². The van der Waals surface area contributed by atoms with Gasteiger partial charge in [0.15, 0.2) is 0 Å². The van der Waals surface area contributed by atoms with E-state index in [4.69, 9.17) is 11.6 Å². The largest absolute Gasteiger partial charge is 0.274 e. The van der Waals surface area contributed by atoms with Gasteiger partial charge in [0.25, 0.3) is 10.0 Å². The molecule has 0 saturated heterocycles. The SMILES string of the molecule is Cc1csc(-c2cccc(S(=O)(=O)NC(=O)Cc3ccc(Br)c(Cl)c3)c2)n1. The molecule has 3 aromatic rings. The lowest BCUT2D eigenvalue weighted by atomic mass is 10.1. The first-order chi connectivity index (χ1) is 12.7. The molecule has 2 aromatic carbocycles. The van der Waals surface area contributed by atoms with Crippen LogP contribution in [0.3, 0.4) is 0 Å². The van der Waals surface area contributed by atoms with Crippen molar-refractivity contribution in [2.24, 2.45) is 0 Å². The fraction of sp³-hybridized carbons (Fsp3) is 0.111. The van der Waals surface area contributed by atoms with Gasteiger partial charge in [-0.15, -0.1) is 11.3 Å². The summed E-state index contributed by atoms with van der Waals surface area (Å²) >= 11 is 10.7. The van der Waals surface area contributed by atoms with Crippen molar-refractivity contribution in [3.8, 4) is 10.6 Å². The zero-order chi connectivity index (χ0) is 19.6. The van der Waals surface area contributed by atoms with E-state index in [9.17, 15) is 13.2 Å². The van der Waals surface area contributed by atoms with Crippen molar-refractivity contribution >= 4 is 54.8 Å². The molecule has 3 rings (SSSR count). The third-order valence-electron chi connectivity index (χ3n) is 3.61. The van der Waals surface area contributed by atoms with Gasteiger partial charge >= 0.3 is 0 Å². The van der Waals surface area contributed by atoms with Crippen molar-refractivity contribution in [1.82, 2.24) is 9.71 Å². The second-order valence-electron chi connectivity index (χ2n) is 5.78. The normalized spacial score (nSPS) is 11.4. The maximum atomic E-state index is 12.6. The summed E-state index contributed by atoms with van der Waals surface area (Å²) in [6.45, 7) is 1.87. The lowest BCUT2D eigenvalue weighted by Gasteiger charge is -2.08. The van der Waals surface area contributed by atoms with Crippen LogP contribution in [0.5, 0.6) is 0 Å². The third-order valence-corrected chi connectivity index (χ3v) is 7.22. The highest BCUT2D eigenvalue weighted by molar-refractivity contribution is 9.10. The maximum absolute atomic E-state index is 12.6. The van der Waals surface area contributed by atoms with Crippen LogP contribution in [0, 0.1) is 6.92 Å². The number of nitrogens with zero attached hydrogens (tertiary/aromatic N) is 1. The number of carbonyl (C=O) groups is 1. The van der Waals surface area contributed by atoms with Crippen LogP contribution < -0.4 is 4.72 Å². The van der Waals surface area contributed by atoms with Crippen molar-refractivity contribution in [2.45, 2.75) is 18.2 Å². The number of carbonyl (C=O) groups excluding carboxylic acids is 1. The number of hydrogen-bond acceptors (Lipinski definition) is 5. The van der Waals surface area contributed by atoms with E-state index in [-0.39, 0.29) is 11.3 Å². The molecule has 0 aliphatic carbocycles. The van der Waals surface area contributed by atoms with Crippen LogP contribution >= 0.6 is 38.9 Å². The number of nitrogens with one attached hydrogen (secondary N) is 1. The average Bonchev–Trinajstić information content (AvgIpc) is 3.04. The summed E-state index contributed by atoms with van der Waals surface area (Å²) in [6.07, 6.45) is -0.0996. The van der Waals surface area contributed by atoms with Crippen molar-refractivity contribution in [3.05, 3.63) is 68.6 Å². The molecule has 0 aliphatic rings. The number of aryl methyl sites for hydroxylation is 1. The Morgan fingerprint density at radius 1 is 1.26 bits per heavy atom. The van der Waals surface area contributed by atoms with E-state index in [0.717, 1.165) is 10.7 Å². The minimum atomic E-state index is -3.99. The van der Waals surface area contributed by atoms with E-state index < -0.39 is 15.9 Å². The lowest BCUT2D eigenvalue weighted by molar-refractivity contribution is -0.118. The van der Waals surface area contributed by atoms with E-state index in [0.29, 0.717) is 20.6 Å². The first-order valence-corrected chi connectivity index (χ1v) is 11.3. The fourth-order valence-corrected chi connectivity index (χ4v) is 4.64. The molecule has 0 bridgehead atoms. The highest BCUT2D eigenvalue weighted by atomic mass is 79.9. The smallest absolute Gasteiger partial charge is 0.264 e. The predicted molar refractivity (Wildman–Crippen MR) is 110 cm³/mol. The fourth-order valence-electron chi connectivity index (χ4n) is 2.36. The topological polar surface area (TPSA) is 76.1 Å². The molecule has 140 valence electrons. The Labute approximate surface area is 174 Å². The van der Waals surface area contributed by atoms with Crippen molar-refractivity contribution < 1.29 is 13.2 Å². The summed E-state index contributed by atoms with van der Waals surface area (Å²) < 4.78 is 27.9. The quantitative estimate of drug-likeness (QED) is 0.574. The molecular weight excluding hydrogens is 472 g/mol. The lowest BCUT2D eigenvalue weighted by Crippen LogP contribution is -2.31. The number of hydrogen-bond donors (Lipinski definition) is 1. The minimum Gasteiger partial charge on any atom is -0.274 e. The van der Waals surface area contributed by atoms with Gasteiger partial charge in [0.05, 0.1) is 16.3 Å². The summed E-state index contributed by atoms with van der Waals surface area (Å²) in [6, 6.07) is 11.4. The molecule has 0 atom stereocenters. The van der Waals surface area contributed by atoms with Gasteiger partial charge in [-0.25, -0.2) is 18.1 Å². The molecule has 0 saturated carbocycles. The Bertz CT molecular complexity index is 1110. The number of sulfonamides is 1. The summed E-state index contributed by atoms with van der Waals surface area (Å²) in [4.78, 5) is 16.6. The highest BCUT2D eigenvalue weighted by Gasteiger charge is 2.19. The van der Waals surface area contributed by atoms with E-state index in [2.05, 4.69) is 25.6 Å². The van der Waals surface area contributed by atoms with Crippen LogP contribution in [0.2, 0.25) is 5.02 Å². The van der Waals surface area contributed by atoms with Gasteiger partial charge in [0, 0.05) is 21.1 Å². The second kappa shape index (κ2) is 8.10. The number of halogens is 2. The summed E-state index contributed by atoms with van der Waals surface area (Å²) in [5, 5.41) is 3.07. The van der Waals surface area contributed by atoms with E-state index >= 15 is 0 Å². The molecule has 0 spiro atoms. The number of benzene rings is 2. The molecule has 9 heteroatoms. The molecule has 1 amide bonds. The van der Waals surface area contributed by atoms with Gasteiger partial charge in [-0.3, -0.25) is 4.79 Å². The van der Waals surface area contributed by atoms with Gasteiger partial charge in [-0.2, -0.15) is 0 Å². The molecule has 5 nitrogen and oxygen atoms in total. The van der Waals surface area contributed by atoms with Gasteiger partial charge < -0.3 is 0 Å². The van der Waals surface area contributed by atoms with Crippen LogP contribution in [0.4, 0.5) is 0 Å². The summed E-state index contributed by atoms with van der Waals surface area (Å²) in [5.41, 5.74) is 2.16. The Hall–Kier alpha value is -1.74. The Morgan fingerprint density at radius 3 is 2.70 bits per heavy atom. The number of thiazole rings is 1. The number of amides is 1. The highest BCUT2D eigenvalue weighted by Crippen LogP contribution is 2.26. The number of aromatic nitrogens is 1. The molecule has 1 heterocycles. The summed E-state index contributed by atoms with van der Waals surface area (Å²) in [7, 11) is -3.99. The van der Waals surface area contributed by atoms with Crippen molar-refractivity contribution in [3.63, 3.8) is 0 Å². The first-order valence-electron chi connectivity index (χ1n) is 7.77. The molecule has 1 N–H and O–H groups in total. The molecule has 0 fully saturated rings. The maximum Gasteiger partial charge on any atom is 0.264 e. The van der Waals surface area contributed by atoms with Crippen molar-refractivity contribution in [1.29, 1.82) is 0 Å². The second-order valence-corrected chi connectivity index (χ2v) is 9.58. The zero-order valence-electron chi connectivity index (χ0n) is 14.1. The molecule has 0 unspecified atom stereocenters. The Morgan fingerprint density at radius 2 is 2.04 bits per heavy atom. The van der Waals surface area contributed by atoms with Gasteiger partial charge in [0.1, 0.15) is 5.01 Å². The van der Waals surface area contributed by atoms with Crippen LogP contribution in [-0.4, -0.2) is 19.3 Å². The zero-order valence-corrected chi connectivity index (χ0v) is 18.0. The minimum absolute atomic E-state index is 0.00930. The summed E-state index contributed by atoms with van der Waals surface area (Å²) in [5.74, 6) is -0.635. The number of rotatable bonds is 5. The monoisotopic (exact) mass is 484 g/mol. The molecule has 0 aliphatic heterocycles. The molecule has 0 radical (unpaired) electrons. The van der Waals surface area contributed by atoms with E-state index in [1.54, 1.807) is 30.3 Å². The van der Waals surface area contributed by atoms with Crippen LogP contribution in [0.25, 0.3) is 10.6 Å². The standard InChI is InChI=1S/C18H14BrClN2O3S2/c1-11-10-26-18(21-11)13-3-2-4-14(9-13)27(24,25)22-17(23)8-12-5-6-15(19)16(20)7-12/h2-7,9-10H,8H2,1H3,(H,22,23). The molecular formula is C18H14BrClN2O3S2. The Balaban J connectivity index is 1.78. The van der Waals surface area contributed by atoms with E-state index in [1.165, 1.54) is 23.5 Å². The van der Waals surface area contributed by atoms with Crippen LogP contribution in [0.1, 0.15) is 11.3 Å². The van der Waals surface area contributed by atoms with Crippen LogP contribution in [-0.2, 0) is 21.2 Å². The predicted octanol–water partition coefficient (Wildman–Crippen LogP) is 4.58. The average molecular weight is 486 g/mol. The van der Waals surface area contributed by atoms with E-state index in [1.807, 2.05) is 12.3 Å². The van der Waals surface area contributed by atoms with Gasteiger partial charge in [-0.05, 0) is 52.7 Å². The van der Waals surface area contributed by atoms with Gasteiger partial charge in [-0.1, -0.05) is 29.8 Å². The first kappa shape index (κ1) is 20.0. The third kappa shape index (κ3) is 4.95. The molecule has 27 heavy (non-hydrogen) atoms. The van der Waals surface area contributed by atoms with Crippen molar-refractivity contribution in [2.75, 3.05) is 0 Å². The van der Waals surface area contributed by atoms with Crippen LogP contribution in [0.15, 0.2) is 57.2 Å².